The predicted octanol–water partition coefficient (Wildman–Crippen LogP) is 5.26. The normalized spacial score (nSPS) is 12.1. The molecule has 0 fully saturated rings. The van der Waals surface area contributed by atoms with Crippen molar-refractivity contribution in [3.8, 4) is 27.9 Å². The van der Waals surface area contributed by atoms with Crippen molar-refractivity contribution in [2.24, 2.45) is 0 Å². The van der Waals surface area contributed by atoms with Crippen LogP contribution in [0.15, 0.2) is 102 Å². The second-order valence-corrected chi connectivity index (χ2v) is 7.57. The van der Waals surface area contributed by atoms with E-state index in [-0.39, 0.29) is 17.2 Å². The van der Waals surface area contributed by atoms with Crippen LogP contribution in [0.3, 0.4) is 0 Å². The van der Waals surface area contributed by atoms with Gasteiger partial charge in [0.25, 0.3) is 5.56 Å². The molecule has 0 amide bonds. The van der Waals surface area contributed by atoms with Crippen LogP contribution in [0.2, 0.25) is 0 Å². The summed E-state index contributed by atoms with van der Waals surface area (Å²) in [5.41, 5.74) is 5.12. The molecule has 0 aliphatic carbocycles. The maximum Gasteiger partial charge on any atom is 0.266 e. The van der Waals surface area contributed by atoms with Crippen LogP contribution in [0.4, 0.5) is 0 Å². The van der Waals surface area contributed by atoms with Gasteiger partial charge in [0.2, 0.25) is 5.78 Å². The van der Waals surface area contributed by atoms with Crippen LogP contribution in [-0.2, 0) is 0 Å². The fraction of sp³-hybridized carbons (Fsp3) is 0. The summed E-state index contributed by atoms with van der Waals surface area (Å²) in [4.78, 5) is 31.5. The molecule has 5 aromatic rings. The van der Waals surface area contributed by atoms with Crippen LogP contribution < -0.4 is 5.56 Å². The van der Waals surface area contributed by atoms with Crippen molar-refractivity contribution in [3.05, 3.63) is 119 Å². The van der Waals surface area contributed by atoms with Gasteiger partial charge in [0.15, 0.2) is 5.82 Å². The standard InChI is InChI=1S/C27H16N2O2/c30-25-24-20(18-10-5-2-6-11-18)12-7-13-23(24)29-26(25)28-22-15-14-19(16-21(22)27(29)31)17-8-3-1-4-9-17/h1-16H. The SMILES string of the molecule is O=C1c2c(-c3ccccc3)cccc2-n2c1nc1ccc(-c3ccccc3)cc1c2=O. The molecule has 4 heteroatoms. The van der Waals surface area contributed by atoms with Gasteiger partial charge in [0.1, 0.15) is 0 Å². The minimum atomic E-state index is -0.227. The fourth-order valence-electron chi connectivity index (χ4n) is 4.31. The van der Waals surface area contributed by atoms with Crippen molar-refractivity contribution in [2.45, 2.75) is 0 Å². The molecule has 1 aromatic heterocycles. The molecule has 0 bridgehead atoms. The van der Waals surface area contributed by atoms with Crippen LogP contribution in [0.5, 0.6) is 0 Å². The molecule has 0 atom stereocenters. The Balaban J connectivity index is 1.62. The van der Waals surface area contributed by atoms with Gasteiger partial charge in [-0.15, -0.1) is 0 Å². The maximum atomic E-state index is 13.5. The van der Waals surface area contributed by atoms with E-state index >= 15 is 0 Å². The molecule has 0 saturated heterocycles. The smallest absolute Gasteiger partial charge is 0.266 e. The second kappa shape index (κ2) is 6.61. The van der Waals surface area contributed by atoms with E-state index in [0.29, 0.717) is 22.2 Å². The van der Waals surface area contributed by atoms with Crippen molar-refractivity contribution in [1.29, 1.82) is 0 Å². The molecule has 2 heterocycles. The number of benzene rings is 4. The van der Waals surface area contributed by atoms with E-state index in [9.17, 15) is 9.59 Å². The third kappa shape index (κ3) is 2.58. The van der Waals surface area contributed by atoms with E-state index in [1.54, 1.807) is 0 Å². The molecule has 0 spiro atoms. The summed E-state index contributed by atoms with van der Waals surface area (Å²) >= 11 is 0. The van der Waals surface area contributed by atoms with Crippen LogP contribution in [0, 0.1) is 0 Å². The van der Waals surface area contributed by atoms with Crippen molar-refractivity contribution in [3.63, 3.8) is 0 Å². The highest BCUT2D eigenvalue weighted by Gasteiger charge is 2.32. The van der Waals surface area contributed by atoms with Gasteiger partial charge in [0, 0.05) is 0 Å². The summed E-state index contributed by atoms with van der Waals surface area (Å²) in [6.45, 7) is 0. The fourth-order valence-corrected chi connectivity index (χ4v) is 4.31. The summed E-state index contributed by atoms with van der Waals surface area (Å²) in [7, 11) is 0. The van der Waals surface area contributed by atoms with E-state index in [0.717, 1.165) is 22.3 Å². The molecule has 0 radical (unpaired) electrons. The molecule has 1 aliphatic rings. The molecule has 4 aromatic carbocycles. The first-order valence-corrected chi connectivity index (χ1v) is 10.1. The number of carbonyl (C=O) groups is 1. The lowest BCUT2D eigenvalue weighted by atomic mass is 9.97. The minimum absolute atomic E-state index is 0.170. The molecule has 1 aliphatic heterocycles. The number of hydrogen-bond donors (Lipinski definition) is 0. The van der Waals surface area contributed by atoms with Crippen LogP contribution in [0.25, 0.3) is 38.8 Å². The highest BCUT2D eigenvalue weighted by atomic mass is 16.1. The average molecular weight is 400 g/mol. The second-order valence-electron chi connectivity index (χ2n) is 7.57. The van der Waals surface area contributed by atoms with E-state index in [1.807, 2.05) is 97.1 Å². The van der Waals surface area contributed by atoms with Crippen LogP contribution in [-0.4, -0.2) is 15.3 Å². The monoisotopic (exact) mass is 400 g/mol. The predicted molar refractivity (Wildman–Crippen MR) is 122 cm³/mol. The number of aromatic nitrogens is 2. The maximum absolute atomic E-state index is 13.5. The number of nitrogens with zero attached hydrogens (tertiary/aromatic N) is 2. The van der Waals surface area contributed by atoms with Crippen molar-refractivity contribution >= 4 is 16.7 Å². The Morgan fingerprint density at radius 2 is 1.35 bits per heavy atom. The Morgan fingerprint density at radius 3 is 2.10 bits per heavy atom. The Morgan fingerprint density at radius 1 is 0.645 bits per heavy atom. The zero-order valence-corrected chi connectivity index (χ0v) is 16.4. The van der Waals surface area contributed by atoms with E-state index in [1.165, 1.54) is 4.57 Å². The highest BCUT2D eigenvalue weighted by molar-refractivity contribution is 6.17. The molecule has 4 nitrogen and oxygen atoms in total. The molecular formula is C27H16N2O2. The van der Waals surface area contributed by atoms with E-state index in [2.05, 4.69) is 4.98 Å². The number of ketones is 1. The number of carbonyl (C=O) groups excluding carboxylic acids is 1. The van der Waals surface area contributed by atoms with Crippen molar-refractivity contribution in [1.82, 2.24) is 9.55 Å². The lowest BCUT2D eigenvalue weighted by molar-refractivity contribution is 0.103. The van der Waals surface area contributed by atoms with Crippen molar-refractivity contribution in [2.75, 3.05) is 0 Å². The zero-order chi connectivity index (χ0) is 20.9. The largest absolute Gasteiger partial charge is 0.285 e. The summed E-state index contributed by atoms with van der Waals surface area (Å²) in [6, 6.07) is 30.8. The van der Waals surface area contributed by atoms with Gasteiger partial charge in [-0.3, -0.25) is 14.2 Å². The van der Waals surface area contributed by atoms with Gasteiger partial charge >= 0.3 is 0 Å². The third-order valence-corrected chi connectivity index (χ3v) is 5.77. The van der Waals surface area contributed by atoms with Gasteiger partial charge in [-0.2, -0.15) is 0 Å². The Labute approximate surface area is 178 Å². The molecule has 6 rings (SSSR count). The lowest BCUT2D eigenvalue weighted by Gasteiger charge is -2.09. The first kappa shape index (κ1) is 17.5. The molecule has 0 unspecified atom stereocenters. The number of fused-ring (bicyclic) bond motifs is 4. The summed E-state index contributed by atoms with van der Waals surface area (Å²) < 4.78 is 1.46. The van der Waals surface area contributed by atoms with Gasteiger partial charge < -0.3 is 0 Å². The zero-order valence-electron chi connectivity index (χ0n) is 16.4. The summed E-state index contributed by atoms with van der Waals surface area (Å²) in [5.74, 6) is -0.0519. The van der Waals surface area contributed by atoms with Gasteiger partial charge in [-0.1, -0.05) is 78.9 Å². The highest BCUT2D eigenvalue weighted by Crippen LogP contribution is 2.34. The molecule has 0 N–H and O–H groups in total. The first-order valence-electron chi connectivity index (χ1n) is 10.1. The van der Waals surface area contributed by atoms with Gasteiger partial charge in [-0.05, 0) is 40.5 Å². The van der Waals surface area contributed by atoms with Crippen LogP contribution in [0.1, 0.15) is 16.2 Å². The molecule has 146 valence electrons. The lowest BCUT2D eigenvalue weighted by Crippen LogP contribution is -2.21. The number of hydrogen-bond acceptors (Lipinski definition) is 3. The minimum Gasteiger partial charge on any atom is -0.285 e. The Bertz CT molecular complexity index is 1550. The average Bonchev–Trinajstić information content (AvgIpc) is 3.12. The number of rotatable bonds is 2. The first-order chi connectivity index (χ1) is 15.2. The van der Waals surface area contributed by atoms with Gasteiger partial charge in [0.05, 0.1) is 22.2 Å². The van der Waals surface area contributed by atoms with E-state index < -0.39 is 0 Å². The molecular weight excluding hydrogens is 384 g/mol. The quantitative estimate of drug-likeness (QED) is 0.398. The van der Waals surface area contributed by atoms with Crippen LogP contribution >= 0.6 is 0 Å². The Kier molecular flexibility index (Phi) is 3.74. The molecule has 0 saturated carbocycles. The third-order valence-electron chi connectivity index (χ3n) is 5.77. The summed E-state index contributed by atoms with van der Waals surface area (Å²) in [6.07, 6.45) is 0. The topological polar surface area (TPSA) is 52.0 Å². The van der Waals surface area contributed by atoms with Gasteiger partial charge in [-0.25, -0.2) is 4.98 Å². The van der Waals surface area contributed by atoms with Crippen molar-refractivity contribution < 1.29 is 4.79 Å². The summed E-state index contributed by atoms with van der Waals surface area (Å²) in [5, 5.41) is 0.496. The molecule has 31 heavy (non-hydrogen) atoms. The van der Waals surface area contributed by atoms with E-state index in [4.69, 9.17) is 0 Å². The Hall–Kier alpha value is -4.31.